The summed E-state index contributed by atoms with van der Waals surface area (Å²) >= 11 is 0. The summed E-state index contributed by atoms with van der Waals surface area (Å²) < 4.78 is 6.50. The Hall–Kier alpha value is -2.30. The fraction of sp³-hybridized carbons (Fsp3) is 0.333. The third-order valence-corrected chi connectivity index (χ3v) is 4.67. The lowest BCUT2D eigenvalue weighted by Gasteiger charge is -2.32. The molecule has 0 aromatic heterocycles. The molecule has 4 heteroatoms. The van der Waals surface area contributed by atoms with Gasteiger partial charge in [0, 0.05) is 24.6 Å². The number of hydrogen-bond acceptors (Lipinski definition) is 4. The zero-order valence-corrected chi connectivity index (χ0v) is 15.3. The first-order valence-electron chi connectivity index (χ1n) is 8.79. The van der Waals surface area contributed by atoms with Crippen LogP contribution in [0.2, 0.25) is 0 Å². The number of hydrogen-bond donors (Lipinski definition) is 2. The van der Waals surface area contributed by atoms with Crippen molar-refractivity contribution in [2.45, 2.75) is 38.9 Å². The fourth-order valence-corrected chi connectivity index (χ4v) is 3.71. The van der Waals surface area contributed by atoms with E-state index >= 15 is 0 Å². The largest absolute Gasteiger partial charge is 0.368 e. The van der Waals surface area contributed by atoms with Crippen LogP contribution in [0.15, 0.2) is 48.5 Å². The van der Waals surface area contributed by atoms with Gasteiger partial charge in [0.1, 0.15) is 0 Å². The normalized spacial score (nSPS) is 19.5. The zero-order valence-electron chi connectivity index (χ0n) is 15.3. The minimum absolute atomic E-state index is 0.0143. The molecular weight excluding hydrogens is 310 g/mol. The molecular formula is C21H25N3O. The molecule has 1 atom stereocenters. The Labute approximate surface area is 149 Å². The lowest BCUT2D eigenvalue weighted by Crippen LogP contribution is -2.34. The van der Waals surface area contributed by atoms with Crippen LogP contribution < -0.4 is 11.0 Å². The standard InChI is InChI=1S/C21H25N3O/c1-21(2,3)25-18-13-14-9-5-6-10-15(14)19-20(24(4)23-22-19)17-12-8-7-11-16(17)18/h5-12,18,22-23H,13H2,1-4H3. The maximum Gasteiger partial charge on any atom is 0.0879 e. The molecule has 0 bridgehead atoms. The van der Waals surface area contributed by atoms with Gasteiger partial charge in [0.05, 0.1) is 23.1 Å². The maximum atomic E-state index is 6.50. The smallest absolute Gasteiger partial charge is 0.0879 e. The summed E-state index contributed by atoms with van der Waals surface area (Å²) in [4.78, 5) is 0. The minimum Gasteiger partial charge on any atom is -0.368 e. The molecule has 0 amide bonds. The van der Waals surface area contributed by atoms with Gasteiger partial charge in [-0.25, -0.2) is 0 Å². The molecule has 4 rings (SSSR count). The number of nitrogens with zero attached hydrogens (tertiary/aromatic N) is 1. The number of ether oxygens (including phenoxy) is 1. The third-order valence-electron chi connectivity index (χ3n) is 4.67. The quantitative estimate of drug-likeness (QED) is 0.829. The van der Waals surface area contributed by atoms with E-state index in [1.807, 2.05) is 12.1 Å². The number of rotatable bonds is 1. The summed E-state index contributed by atoms with van der Waals surface area (Å²) in [5, 5.41) is 2.05. The van der Waals surface area contributed by atoms with Crippen molar-refractivity contribution >= 4 is 11.4 Å². The van der Waals surface area contributed by atoms with Crippen molar-refractivity contribution < 1.29 is 4.74 Å². The molecule has 1 aliphatic carbocycles. The Kier molecular flexibility index (Phi) is 3.82. The van der Waals surface area contributed by atoms with E-state index in [0.29, 0.717) is 0 Å². The average Bonchev–Trinajstić information content (AvgIpc) is 2.93. The first-order chi connectivity index (χ1) is 11.9. The maximum absolute atomic E-state index is 6.50. The van der Waals surface area contributed by atoms with E-state index in [9.17, 15) is 0 Å². The van der Waals surface area contributed by atoms with Gasteiger partial charge >= 0.3 is 0 Å². The van der Waals surface area contributed by atoms with Gasteiger partial charge in [0.25, 0.3) is 0 Å². The number of nitrogens with one attached hydrogen (secondary N) is 2. The van der Waals surface area contributed by atoms with Crippen molar-refractivity contribution in [2.75, 3.05) is 7.05 Å². The van der Waals surface area contributed by atoms with Crippen LogP contribution in [-0.2, 0) is 11.2 Å². The molecule has 2 aromatic carbocycles. The van der Waals surface area contributed by atoms with E-state index in [4.69, 9.17) is 4.74 Å². The van der Waals surface area contributed by atoms with Gasteiger partial charge in [-0.2, -0.15) is 0 Å². The van der Waals surface area contributed by atoms with Gasteiger partial charge in [-0.1, -0.05) is 48.5 Å². The highest BCUT2D eigenvalue weighted by molar-refractivity contribution is 5.92. The summed E-state index contributed by atoms with van der Waals surface area (Å²) in [7, 11) is 2.04. The van der Waals surface area contributed by atoms with Gasteiger partial charge in [-0.3, -0.25) is 5.01 Å². The Balaban J connectivity index is 1.97. The van der Waals surface area contributed by atoms with E-state index < -0.39 is 0 Å². The monoisotopic (exact) mass is 335 g/mol. The summed E-state index contributed by atoms with van der Waals surface area (Å²) in [5.41, 5.74) is 13.6. The van der Waals surface area contributed by atoms with Crippen molar-refractivity contribution in [1.82, 2.24) is 16.0 Å². The highest BCUT2D eigenvalue weighted by atomic mass is 16.5. The Bertz CT molecular complexity index is 835. The van der Waals surface area contributed by atoms with Gasteiger partial charge in [0.15, 0.2) is 0 Å². The van der Waals surface area contributed by atoms with Crippen molar-refractivity contribution in [1.29, 1.82) is 0 Å². The second kappa shape index (κ2) is 5.90. The molecule has 0 saturated heterocycles. The average molecular weight is 335 g/mol. The minimum atomic E-state index is -0.207. The molecule has 2 aromatic rings. The van der Waals surface area contributed by atoms with Gasteiger partial charge in [-0.15, -0.1) is 5.53 Å². The third kappa shape index (κ3) is 2.92. The molecule has 1 aliphatic heterocycles. The van der Waals surface area contributed by atoms with Gasteiger partial charge in [0.2, 0.25) is 0 Å². The van der Waals surface area contributed by atoms with Crippen molar-refractivity contribution in [3.63, 3.8) is 0 Å². The number of fused-ring (bicyclic) bond motifs is 4. The molecule has 25 heavy (non-hydrogen) atoms. The molecule has 0 saturated carbocycles. The van der Waals surface area contributed by atoms with E-state index in [-0.39, 0.29) is 11.7 Å². The van der Waals surface area contributed by atoms with E-state index in [1.165, 1.54) is 22.3 Å². The Morgan fingerprint density at radius 2 is 1.68 bits per heavy atom. The van der Waals surface area contributed by atoms with Crippen molar-refractivity contribution in [3.8, 4) is 0 Å². The van der Waals surface area contributed by atoms with Crippen LogP contribution in [0.1, 0.15) is 49.1 Å². The van der Waals surface area contributed by atoms with E-state index in [0.717, 1.165) is 17.8 Å². The highest BCUT2D eigenvalue weighted by Gasteiger charge is 2.32. The van der Waals surface area contributed by atoms with Crippen LogP contribution in [0.4, 0.5) is 0 Å². The van der Waals surface area contributed by atoms with Crippen LogP contribution in [0.25, 0.3) is 11.4 Å². The molecule has 2 aliphatic rings. The van der Waals surface area contributed by atoms with E-state index in [1.54, 1.807) is 0 Å². The molecule has 0 fully saturated rings. The second-order valence-electron chi connectivity index (χ2n) is 7.69. The van der Waals surface area contributed by atoms with Crippen LogP contribution in [0.5, 0.6) is 0 Å². The summed E-state index contributed by atoms with van der Waals surface area (Å²) in [6, 6.07) is 17.1. The second-order valence-corrected chi connectivity index (χ2v) is 7.69. The predicted molar refractivity (Wildman–Crippen MR) is 101 cm³/mol. The van der Waals surface area contributed by atoms with Gasteiger partial charge < -0.3 is 10.2 Å². The lowest BCUT2D eigenvalue weighted by atomic mass is 9.87. The molecule has 0 spiro atoms. The molecule has 0 radical (unpaired) electrons. The summed E-state index contributed by atoms with van der Waals surface area (Å²) in [6.07, 6.45) is 0.868. The Morgan fingerprint density at radius 3 is 2.44 bits per heavy atom. The summed E-state index contributed by atoms with van der Waals surface area (Å²) in [6.45, 7) is 6.36. The van der Waals surface area contributed by atoms with Crippen molar-refractivity contribution in [2.24, 2.45) is 0 Å². The highest BCUT2D eigenvalue weighted by Crippen LogP contribution is 2.40. The predicted octanol–water partition coefficient (Wildman–Crippen LogP) is 3.88. The molecule has 1 heterocycles. The molecule has 130 valence electrons. The fourth-order valence-electron chi connectivity index (χ4n) is 3.71. The van der Waals surface area contributed by atoms with Crippen LogP contribution in [0, 0.1) is 0 Å². The number of hydrazine groups is 2. The van der Waals surface area contributed by atoms with Gasteiger partial charge in [-0.05, 0) is 31.9 Å². The van der Waals surface area contributed by atoms with Crippen LogP contribution in [-0.4, -0.2) is 17.7 Å². The van der Waals surface area contributed by atoms with Crippen LogP contribution >= 0.6 is 0 Å². The van der Waals surface area contributed by atoms with Crippen molar-refractivity contribution in [3.05, 3.63) is 70.8 Å². The molecule has 1 unspecified atom stereocenters. The first kappa shape index (κ1) is 16.2. The molecule has 4 nitrogen and oxygen atoms in total. The topological polar surface area (TPSA) is 36.5 Å². The van der Waals surface area contributed by atoms with E-state index in [2.05, 4.69) is 80.3 Å². The summed E-state index contributed by atoms with van der Waals surface area (Å²) in [5.74, 6) is 0. The number of benzene rings is 2. The first-order valence-corrected chi connectivity index (χ1v) is 8.79. The van der Waals surface area contributed by atoms with Crippen LogP contribution in [0.3, 0.4) is 0 Å². The molecule has 2 N–H and O–H groups in total. The lowest BCUT2D eigenvalue weighted by molar-refractivity contribution is -0.0615. The zero-order chi connectivity index (χ0) is 17.6. The Morgan fingerprint density at radius 1 is 1.00 bits per heavy atom. The SMILES string of the molecule is CN1NNC2=C1c1ccccc1C(OC(C)(C)C)Cc1ccccc12.